The van der Waals surface area contributed by atoms with E-state index < -0.39 is 0 Å². The second-order valence-electron chi connectivity index (χ2n) is 8.54. The molecule has 3 aromatic heterocycles. The number of hydrogen-bond acceptors (Lipinski definition) is 8. The van der Waals surface area contributed by atoms with Gasteiger partial charge in [0.05, 0.1) is 37.8 Å². The van der Waals surface area contributed by atoms with Crippen molar-refractivity contribution in [1.29, 1.82) is 0 Å². The molecule has 9 heteroatoms. The maximum absolute atomic E-state index is 5.60. The van der Waals surface area contributed by atoms with Gasteiger partial charge < -0.3 is 14.4 Å². The first-order valence-corrected chi connectivity index (χ1v) is 11.9. The van der Waals surface area contributed by atoms with Gasteiger partial charge in [-0.25, -0.2) is 14.5 Å². The molecule has 0 N–H and O–H groups in total. The van der Waals surface area contributed by atoms with Crippen LogP contribution in [0, 0.1) is 0 Å². The van der Waals surface area contributed by atoms with Crippen molar-refractivity contribution in [3.8, 4) is 17.1 Å². The van der Waals surface area contributed by atoms with Crippen molar-refractivity contribution < 1.29 is 9.47 Å². The highest BCUT2D eigenvalue weighted by molar-refractivity contribution is 7.20. The average molecular weight is 443 g/mol. The van der Waals surface area contributed by atoms with Gasteiger partial charge in [-0.3, -0.25) is 4.90 Å². The number of pyridine rings is 1. The molecule has 166 valence electrons. The molecule has 31 heavy (non-hydrogen) atoms. The number of rotatable bonds is 5. The van der Waals surface area contributed by atoms with Crippen LogP contribution in [-0.4, -0.2) is 77.0 Å². The lowest BCUT2D eigenvalue weighted by Crippen LogP contribution is -2.49. The topological polar surface area (TPSA) is 68.0 Å². The fraction of sp³-hybridized carbons (Fsp3) is 0.591. The van der Waals surface area contributed by atoms with Gasteiger partial charge in [-0.2, -0.15) is 0 Å². The van der Waals surface area contributed by atoms with Crippen molar-refractivity contribution in [3.63, 3.8) is 0 Å². The van der Waals surface area contributed by atoms with Gasteiger partial charge in [-0.05, 0) is 30.9 Å². The lowest BCUT2D eigenvalue weighted by Gasteiger charge is -2.39. The summed E-state index contributed by atoms with van der Waals surface area (Å²) in [5.41, 5.74) is 2.85. The Morgan fingerprint density at radius 3 is 2.61 bits per heavy atom. The lowest BCUT2D eigenvalue weighted by molar-refractivity contribution is 0.0115. The first-order chi connectivity index (χ1) is 15.1. The highest BCUT2D eigenvalue weighted by atomic mass is 32.1. The third-order valence-electron chi connectivity index (χ3n) is 6.31. The predicted octanol–water partition coefficient (Wildman–Crippen LogP) is 3.29. The molecule has 2 fully saturated rings. The number of anilines is 1. The van der Waals surface area contributed by atoms with E-state index in [1.165, 1.54) is 12.8 Å². The number of hydrogen-bond donors (Lipinski definition) is 0. The van der Waals surface area contributed by atoms with Crippen LogP contribution >= 0.6 is 11.3 Å². The molecule has 0 aromatic carbocycles. The number of aromatic nitrogens is 4. The van der Waals surface area contributed by atoms with Crippen LogP contribution in [0.25, 0.3) is 16.2 Å². The molecule has 0 amide bonds. The van der Waals surface area contributed by atoms with Crippen molar-refractivity contribution in [2.45, 2.75) is 38.6 Å². The van der Waals surface area contributed by atoms with Crippen LogP contribution in [0.4, 0.5) is 5.13 Å². The summed E-state index contributed by atoms with van der Waals surface area (Å²) < 4.78 is 13.0. The molecule has 8 nitrogen and oxygen atoms in total. The summed E-state index contributed by atoms with van der Waals surface area (Å²) in [6.45, 7) is 10.2. The first kappa shape index (κ1) is 20.7. The van der Waals surface area contributed by atoms with Gasteiger partial charge in [0.25, 0.3) is 0 Å². The zero-order valence-corrected chi connectivity index (χ0v) is 19.3. The van der Waals surface area contributed by atoms with Crippen LogP contribution in [0.1, 0.15) is 38.3 Å². The van der Waals surface area contributed by atoms with Crippen molar-refractivity contribution in [2.24, 2.45) is 0 Å². The Morgan fingerprint density at radius 1 is 1.13 bits per heavy atom. The van der Waals surface area contributed by atoms with Crippen LogP contribution in [0.15, 0.2) is 18.3 Å². The monoisotopic (exact) mass is 442 g/mol. The number of fused-ring (bicyclic) bond motifs is 1. The van der Waals surface area contributed by atoms with Crippen LogP contribution in [-0.2, 0) is 4.74 Å². The molecule has 2 saturated heterocycles. The van der Waals surface area contributed by atoms with E-state index in [-0.39, 0.29) is 0 Å². The lowest BCUT2D eigenvalue weighted by atomic mass is 10.0. The summed E-state index contributed by atoms with van der Waals surface area (Å²) in [4.78, 5) is 15.2. The number of piperidine rings is 1. The quantitative estimate of drug-likeness (QED) is 0.601. The SMILES string of the molecule is COc1nc(C(C)C)ccc1-c1cnc2sc(N3CCC(N4CCOCC4)CC3)nn12. The number of ether oxygens (including phenoxy) is 2. The number of nitrogens with zero attached hydrogens (tertiary/aromatic N) is 6. The highest BCUT2D eigenvalue weighted by Crippen LogP contribution is 2.34. The van der Waals surface area contributed by atoms with E-state index in [2.05, 4.69) is 40.8 Å². The van der Waals surface area contributed by atoms with Crippen molar-refractivity contribution in [1.82, 2.24) is 24.5 Å². The second kappa shape index (κ2) is 8.72. The molecule has 0 unspecified atom stereocenters. The summed E-state index contributed by atoms with van der Waals surface area (Å²) in [6, 6.07) is 4.79. The van der Waals surface area contributed by atoms with Crippen LogP contribution in [0.2, 0.25) is 0 Å². The molecule has 0 bridgehead atoms. The normalized spacial score (nSPS) is 18.9. The molecule has 0 saturated carbocycles. The minimum absolute atomic E-state index is 0.347. The Kier molecular flexibility index (Phi) is 5.81. The van der Waals surface area contributed by atoms with Crippen molar-refractivity contribution in [3.05, 3.63) is 24.0 Å². The second-order valence-corrected chi connectivity index (χ2v) is 9.47. The molecule has 2 aliphatic heterocycles. The van der Waals surface area contributed by atoms with Crippen LogP contribution in [0.3, 0.4) is 0 Å². The molecule has 0 radical (unpaired) electrons. The molecule has 0 aliphatic carbocycles. The van der Waals surface area contributed by atoms with Gasteiger partial charge in [-0.15, -0.1) is 5.10 Å². The molecular formula is C22H30N6O2S. The summed E-state index contributed by atoms with van der Waals surface area (Å²) in [7, 11) is 1.67. The third kappa shape index (κ3) is 4.02. The van der Waals surface area contributed by atoms with Gasteiger partial charge in [0.2, 0.25) is 16.0 Å². The van der Waals surface area contributed by atoms with E-state index in [4.69, 9.17) is 19.6 Å². The van der Waals surface area contributed by atoms with E-state index >= 15 is 0 Å². The molecule has 0 spiro atoms. The first-order valence-electron chi connectivity index (χ1n) is 11.1. The van der Waals surface area contributed by atoms with Crippen LogP contribution in [0.5, 0.6) is 5.88 Å². The molecule has 5 rings (SSSR count). The summed E-state index contributed by atoms with van der Waals surface area (Å²) >= 11 is 1.65. The molecule has 3 aromatic rings. The Morgan fingerprint density at radius 2 is 1.90 bits per heavy atom. The van der Waals surface area contributed by atoms with E-state index in [9.17, 15) is 0 Å². The number of imidazole rings is 1. The minimum atomic E-state index is 0.347. The van der Waals surface area contributed by atoms with E-state index in [1.807, 2.05) is 10.7 Å². The zero-order chi connectivity index (χ0) is 21.4. The number of morpholine rings is 1. The third-order valence-corrected chi connectivity index (χ3v) is 7.30. The Balaban J connectivity index is 1.36. The zero-order valence-electron chi connectivity index (χ0n) is 18.5. The van der Waals surface area contributed by atoms with E-state index in [0.29, 0.717) is 17.8 Å². The van der Waals surface area contributed by atoms with Gasteiger partial charge in [0.15, 0.2) is 0 Å². The van der Waals surface area contributed by atoms with Gasteiger partial charge in [-0.1, -0.05) is 25.2 Å². The van der Waals surface area contributed by atoms with E-state index in [0.717, 1.165) is 66.4 Å². The standard InChI is InChI=1S/C22H30N6O2S/c1-15(2)18-5-4-17(20(24-18)29-3)19-14-23-21-28(19)25-22(31-21)27-8-6-16(7-9-27)26-10-12-30-13-11-26/h4-5,14-16H,6-13H2,1-3H3. The van der Waals surface area contributed by atoms with Crippen molar-refractivity contribution in [2.75, 3.05) is 51.4 Å². The Labute approximate surface area is 186 Å². The van der Waals surface area contributed by atoms with Gasteiger partial charge >= 0.3 is 0 Å². The van der Waals surface area contributed by atoms with E-state index in [1.54, 1.807) is 18.4 Å². The average Bonchev–Trinajstić information content (AvgIpc) is 3.40. The minimum Gasteiger partial charge on any atom is -0.480 e. The maximum atomic E-state index is 5.60. The van der Waals surface area contributed by atoms with Crippen LogP contribution < -0.4 is 9.64 Å². The summed E-state index contributed by atoms with van der Waals surface area (Å²) in [5, 5.41) is 5.96. The fourth-order valence-corrected chi connectivity index (χ4v) is 5.41. The smallest absolute Gasteiger partial charge is 0.222 e. The molecule has 0 atom stereocenters. The predicted molar refractivity (Wildman–Crippen MR) is 122 cm³/mol. The summed E-state index contributed by atoms with van der Waals surface area (Å²) in [6.07, 6.45) is 4.20. The Bertz CT molecular complexity index is 1030. The fourth-order valence-electron chi connectivity index (χ4n) is 4.49. The molecular weight excluding hydrogens is 412 g/mol. The van der Waals surface area contributed by atoms with Gasteiger partial charge in [0.1, 0.15) is 0 Å². The Hall–Kier alpha value is -2.23. The molecule has 5 heterocycles. The molecule has 2 aliphatic rings. The maximum Gasteiger partial charge on any atom is 0.222 e. The van der Waals surface area contributed by atoms with Crippen molar-refractivity contribution >= 4 is 21.4 Å². The summed E-state index contributed by atoms with van der Waals surface area (Å²) in [5.74, 6) is 0.966. The highest BCUT2D eigenvalue weighted by Gasteiger charge is 2.28. The number of methoxy groups -OCH3 is 1. The van der Waals surface area contributed by atoms with Gasteiger partial charge in [0, 0.05) is 37.9 Å². The largest absolute Gasteiger partial charge is 0.480 e.